The Morgan fingerprint density at radius 3 is 2.62 bits per heavy atom. The summed E-state index contributed by atoms with van der Waals surface area (Å²) >= 11 is 5.95. The number of aromatic nitrogens is 1. The topological polar surface area (TPSA) is 45.2 Å². The largest absolute Gasteiger partial charge is 0.363 e. The molecule has 1 amide bonds. The Labute approximate surface area is 129 Å². The molecule has 0 unspecified atom stereocenters. The first kappa shape index (κ1) is 15.3. The van der Waals surface area contributed by atoms with Crippen LogP contribution in [-0.2, 0) is 6.42 Å². The number of nitrogens with one attached hydrogen (secondary N) is 1. The summed E-state index contributed by atoms with van der Waals surface area (Å²) in [6, 6.07) is 13.3. The molecule has 0 saturated carbocycles. The van der Waals surface area contributed by atoms with E-state index in [2.05, 4.69) is 10.3 Å². The normalized spacial score (nSPS) is 10.2. The first-order chi connectivity index (χ1) is 10.1. The molecule has 0 aliphatic rings. The Morgan fingerprint density at radius 2 is 1.95 bits per heavy atom. The number of hydrogen-bond donors (Lipinski definition) is 1. The number of amides is 1. The van der Waals surface area contributed by atoms with E-state index in [-0.39, 0.29) is 5.91 Å². The van der Waals surface area contributed by atoms with Crippen molar-refractivity contribution in [2.45, 2.75) is 6.42 Å². The third-order valence-corrected chi connectivity index (χ3v) is 3.24. The van der Waals surface area contributed by atoms with Crippen molar-refractivity contribution in [3.63, 3.8) is 0 Å². The number of hydrogen-bond acceptors (Lipinski definition) is 3. The fourth-order valence-corrected chi connectivity index (χ4v) is 2.11. The minimum absolute atomic E-state index is 0.140. The van der Waals surface area contributed by atoms with Crippen LogP contribution in [0, 0.1) is 0 Å². The van der Waals surface area contributed by atoms with Crippen LogP contribution in [0.5, 0.6) is 0 Å². The van der Waals surface area contributed by atoms with Gasteiger partial charge in [-0.15, -0.1) is 0 Å². The van der Waals surface area contributed by atoms with Gasteiger partial charge in [0.2, 0.25) is 0 Å². The molecule has 0 radical (unpaired) electrons. The summed E-state index contributed by atoms with van der Waals surface area (Å²) in [5, 5.41) is 3.21. The van der Waals surface area contributed by atoms with Gasteiger partial charge < -0.3 is 10.2 Å². The Kier molecular flexibility index (Phi) is 5.17. The molecule has 5 heteroatoms. The predicted octanol–water partition coefficient (Wildman–Crippen LogP) is 2.77. The van der Waals surface area contributed by atoms with Crippen molar-refractivity contribution < 1.29 is 4.79 Å². The van der Waals surface area contributed by atoms with Gasteiger partial charge in [0.15, 0.2) is 0 Å². The van der Waals surface area contributed by atoms with Crippen molar-refractivity contribution in [3.05, 3.63) is 58.7 Å². The molecule has 0 fully saturated rings. The van der Waals surface area contributed by atoms with Crippen LogP contribution < -0.4 is 10.2 Å². The number of halogens is 1. The van der Waals surface area contributed by atoms with Crippen molar-refractivity contribution in [1.82, 2.24) is 10.3 Å². The van der Waals surface area contributed by atoms with Crippen LogP contribution in [0.2, 0.25) is 5.15 Å². The maximum atomic E-state index is 12.1. The van der Waals surface area contributed by atoms with Gasteiger partial charge in [-0.25, -0.2) is 4.98 Å². The van der Waals surface area contributed by atoms with Crippen molar-refractivity contribution >= 4 is 23.3 Å². The van der Waals surface area contributed by atoms with Crippen molar-refractivity contribution in [1.29, 1.82) is 0 Å². The zero-order chi connectivity index (χ0) is 15.2. The summed E-state index contributed by atoms with van der Waals surface area (Å²) in [5.74, 6) is 0.522. The van der Waals surface area contributed by atoms with Gasteiger partial charge in [-0.05, 0) is 24.1 Å². The molecule has 1 aromatic heterocycles. The highest BCUT2D eigenvalue weighted by molar-refractivity contribution is 6.29. The molecule has 0 atom stereocenters. The maximum absolute atomic E-state index is 12.1. The van der Waals surface area contributed by atoms with Crippen LogP contribution in [0.15, 0.2) is 42.5 Å². The Hall–Kier alpha value is -2.07. The molecule has 110 valence electrons. The number of nitrogens with zero attached hydrogens (tertiary/aromatic N) is 2. The lowest BCUT2D eigenvalue weighted by Gasteiger charge is -2.13. The standard InChI is InChI=1S/C16H18ClN3O/c1-20(2)15-11-13(10-14(17)19-15)16(21)18-9-8-12-6-4-3-5-7-12/h3-7,10-11H,8-9H2,1-2H3,(H,18,21). The van der Waals surface area contributed by atoms with E-state index in [1.165, 1.54) is 5.56 Å². The first-order valence-corrected chi connectivity index (χ1v) is 7.11. The molecule has 1 heterocycles. The van der Waals surface area contributed by atoms with Gasteiger partial charge >= 0.3 is 0 Å². The van der Waals surface area contributed by atoms with Gasteiger partial charge in [0.25, 0.3) is 5.91 Å². The third-order valence-electron chi connectivity index (χ3n) is 3.04. The van der Waals surface area contributed by atoms with Crippen LogP contribution in [0.25, 0.3) is 0 Å². The smallest absolute Gasteiger partial charge is 0.251 e. The van der Waals surface area contributed by atoms with Crippen LogP contribution >= 0.6 is 11.6 Å². The quantitative estimate of drug-likeness (QED) is 0.864. The number of rotatable bonds is 5. The number of carbonyl (C=O) groups is 1. The molecule has 0 aliphatic carbocycles. The van der Waals surface area contributed by atoms with E-state index >= 15 is 0 Å². The van der Waals surface area contributed by atoms with Gasteiger partial charge in [0.1, 0.15) is 11.0 Å². The first-order valence-electron chi connectivity index (χ1n) is 6.73. The average molecular weight is 304 g/mol. The minimum Gasteiger partial charge on any atom is -0.363 e. The van der Waals surface area contributed by atoms with E-state index in [4.69, 9.17) is 11.6 Å². The van der Waals surface area contributed by atoms with Crippen LogP contribution in [0.1, 0.15) is 15.9 Å². The minimum atomic E-state index is -0.140. The molecule has 0 spiro atoms. The van der Waals surface area contributed by atoms with Gasteiger partial charge in [-0.1, -0.05) is 41.9 Å². The second-order valence-corrected chi connectivity index (χ2v) is 5.31. The van der Waals surface area contributed by atoms with Gasteiger partial charge in [-0.2, -0.15) is 0 Å². The van der Waals surface area contributed by atoms with Crippen molar-refractivity contribution in [2.24, 2.45) is 0 Å². The molecule has 0 bridgehead atoms. The van der Waals surface area contributed by atoms with Gasteiger partial charge in [0.05, 0.1) is 0 Å². The number of benzene rings is 1. The molecular weight excluding hydrogens is 286 g/mol. The molecular formula is C16H18ClN3O. The second-order valence-electron chi connectivity index (χ2n) is 4.92. The highest BCUT2D eigenvalue weighted by Crippen LogP contribution is 2.16. The molecule has 1 aromatic carbocycles. The number of carbonyl (C=O) groups excluding carboxylic acids is 1. The Balaban J connectivity index is 1.97. The maximum Gasteiger partial charge on any atom is 0.251 e. The predicted molar refractivity (Wildman–Crippen MR) is 86.1 cm³/mol. The number of pyridine rings is 1. The molecule has 0 aliphatic heterocycles. The highest BCUT2D eigenvalue weighted by atomic mass is 35.5. The highest BCUT2D eigenvalue weighted by Gasteiger charge is 2.10. The molecule has 2 rings (SSSR count). The van der Waals surface area contributed by atoms with Crippen LogP contribution in [-0.4, -0.2) is 31.5 Å². The van der Waals surface area contributed by atoms with E-state index in [0.717, 1.165) is 6.42 Å². The molecule has 0 saturated heterocycles. The summed E-state index contributed by atoms with van der Waals surface area (Å²) in [6.07, 6.45) is 0.798. The van der Waals surface area contributed by atoms with E-state index < -0.39 is 0 Å². The van der Waals surface area contributed by atoms with Crippen molar-refractivity contribution in [3.8, 4) is 0 Å². The molecule has 2 aromatic rings. The fourth-order valence-electron chi connectivity index (χ4n) is 1.91. The molecule has 21 heavy (non-hydrogen) atoms. The van der Waals surface area contributed by atoms with Crippen LogP contribution in [0.4, 0.5) is 5.82 Å². The average Bonchev–Trinajstić information content (AvgIpc) is 2.47. The van der Waals surface area contributed by atoms with Crippen molar-refractivity contribution in [2.75, 3.05) is 25.5 Å². The summed E-state index contributed by atoms with van der Waals surface area (Å²) in [4.78, 5) is 18.1. The zero-order valence-electron chi connectivity index (χ0n) is 12.1. The monoisotopic (exact) mass is 303 g/mol. The van der Waals surface area contributed by atoms with Crippen LogP contribution in [0.3, 0.4) is 0 Å². The van der Waals surface area contributed by atoms with E-state index in [0.29, 0.717) is 23.1 Å². The lowest BCUT2D eigenvalue weighted by molar-refractivity contribution is 0.0954. The summed E-state index contributed by atoms with van der Waals surface area (Å²) in [7, 11) is 3.71. The molecule has 4 nitrogen and oxygen atoms in total. The Bertz CT molecular complexity index is 614. The van der Waals surface area contributed by atoms with Gasteiger partial charge in [0, 0.05) is 26.2 Å². The third kappa shape index (κ3) is 4.46. The Morgan fingerprint density at radius 1 is 1.24 bits per heavy atom. The van der Waals surface area contributed by atoms with E-state index in [1.54, 1.807) is 12.1 Å². The fraction of sp³-hybridized carbons (Fsp3) is 0.250. The number of anilines is 1. The zero-order valence-corrected chi connectivity index (χ0v) is 12.9. The summed E-state index contributed by atoms with van der Waals surface area (Å²) < 4.78 is 0. The van der Waals surface area contributed by atoms with E-state index in [1.807, 2.05) is 49.3 Å². The second kappa shape index (κ2) is 7.09. The lowest BCUT2D eigenvalue weighted by Crippen LogP contribution is -2.26. The summed E-state index contributed by atoms with van der Waals surface area (Å²) in [6.45, 7) is 0.583. The lowest BCUT2D eigenvalue weighted by atomic mass is 10.1. The van der Waals surface area contributed by atoms with Gasteiger partial charge in [-0.3, -0.25) is 4.79 Å². The SMILES string of the molecule is CN(C)c1cc(C(=O)NCCc2ccccc2)cc(Cl)n1. The summed E-state index contributed by atoms with van der Waals surface area (Å²) in [5.41, 5.74) is 1.71. The van der Waals surface area contributed by atoms with E-state index in [9.17, 15) is 4.79 Å². The molecule has 1 N–H and O–H groups in total.